The normalized spacial score (nSPS) is 11.7. The maximum atomic E-state index is 13.5. The Hall–Kier alpha value is -3.60. The number of nitrogens with one attached hydrogen (secondary N) is 1. The predicted octanol–water partition coefficient (Wildman–Crippen LogP) is 5.36. The number of hydrogen-bond donors (Lipinski definition) is 1. The van der Waals surface area contributed by atoms with Crippen molar-refractivity contribution in [2.45, 2.75) is 52.1 Å². The third-order valence-electron chi connectivity index (χ3n) is 5.93. The molecule has 0 heterocycles. The van der Waals surface area contributed by atoms with Crippen molar-refractivity contribution in [2.24, 2.45) is 0 Å². The first-order chi connectivity index (χ1) is 17.0. The first-order valence-electron chi connectivity index (χ1n) is 12.4. The Morgan fingerprint density at radius 3 is 2.03 bits per heavy atom. The molecule has 0 radical (unpaired) electrons. The average Bonchev–Trinajstić information content (AvgIpc) is 2.89. The molecule has 3 aromatic rings. The van der Waals surface area contributed by atoms with E-state index in [9.17, 15) is 9.59 Å². The van der Waals surface area contributed by atoms with Gasteiger partial charge in [0.05, 0.1) is 0 Å². The quantitative estimate of drug-likeness (QED) is 0.386. The van der Waals surface area contributed by atoms with E-state index in [1.54, 1.807) is 4.90 Å². The van der Waals surface area contributed by atoms with Crippen molar-refractivity contribution in [3.05, 3.63) is 102 Å². The number of nitrogens with zero attached hydrogens (tertiary/aromatic N) is 1. The summed E-state index contributed by atoms with van der Waals surface area (Å²) in [5.74, 6) is 0.681. The van der Waals surface area contributed by atoms with E-state index in [-0.39, 0.29) is 18.4 Å². The van der Waals surface area contributed by atoms with Crippen molar-refractivity contribution in [3.63, 3.8) is 0 Å². The lowest BCUT2D eigenvalue weighted by Crippen LogP contribution is -2.51. The van der Waals surface area contributed by atoms with Crippen LogP contribution in [0.2, 0.25) is 0 Å². The zero-order chi connectivity index (χ0) is 25.0. The smallest absolute Gasteiger partial charge is 0.261 e. The zero-order valence-electron chi connectivity index (χ0n) is 20.9. The minimum atomic E-state index is -0.649. The van der Waals surface area contributed by atoms with Crippen molar-refractivity contribution in [3.8, 4) is 5.75 Å². The van der Waals surface area contributed by atoms with Crippen molar-refractivity contribution in [2.75, 3.05) is 13.2 Å². The SMILES string of the molecule is CCCNC(=O)[C@H](Cc1ccccc1)N(Cc1ccccc1)C(=O)COc1ccc(C(C)C)cc1. The van der Waals surface area contributed by atoms with E-state index in [0.29, 0.717) is 31.2 Å². The standard InChI is InChI=1S/C30H36N2O3/c1-4-19-31-30(34)28(20-24-11-7-5-8-12-24)32(21-25-13-9-6-10-14-25)29(33)22-35-27-17-15-26(16-18-27)23(2)3/h5-18,23,28H,4,19-22H2,1-3H3,(H,31,34)/t28-/m0/s1. The second-order valence-electron chi connectivity index (χ2n) is 9.02. The number of carbonyl (C=O) groups excluding carboxylic acids is 2. The van der Waals surface area contributed by atoms with Crippen molar-refractivity contribution in [1.82, 2.24) is 10.2 Å². The number of hydrogen-bond acceptors (Lipinski definition) is 3. The molecule has 5 heteroatoms. The zero-order valence-corrected chi connectivity index (χ0v) is 20.9. The van der Waals surface area contributed by atoms with Crippen molar-refractivity contribution >= 4 is 11.8 Å². The molecular weight excluding hydrogens is 436 g/mol. The van der Waals surface area contributed by atoms with E-state index in [1.165, 1.54) is 5.56 Å². The van der Waals surface area contributed by atoms with Crippen LogP contribution in [0.5, 0.6) is 5.75 Å². The Kier molecular flexibility index (Phi) is 9.91. The van der Waals surface area contributed by atoms with E-state index in [0.717, 1.165) is 17.5 Å². The molecule has 1 N–H and O–H groups in total. The van der Waals surface area contributed by atoms with Gasteiger partial charge in [-0.15, -0.1) is 0 Å². The molecule has 3 rings (SSSR count). The molecule has 0 saturated heterocycles. The highest BCUT2D eigenvalue weighted by molar-refractivity contribution is 5.88. The van der Waals surface area contributed by atoms with Gasteiger partial charge in [0.1, 0.15) is 11.8 Å². The summed E-state index contributed by atoms with van der Waals surface area (Å²) < 4.78 is 5.86. The summed E-state index contributed by atoms with van der Waals surface area (Å²) in [5, 5.41) is 2.99. The molecule has 0 unspecified atom stereocenters. The highest BCUT2D eigenvalue weighted by atomic mass is 16.5. The summed E-state index contributed by atoms with van der Waals surface area (Å²) in [4.78, 5) is 28.4. The Bertz CT molecular complexity index is 1050. The lowest BCUT2D eigenvalue weighted by Gasteiger charge is -2.31. The van der Waals surface area contributed by atoms with Gasteiger partial charge in [-0.3, -0.25) is 9.59 Å². The van der Waals surface area contributed by atoms with Gasteiger partial charge in [-0.25, -0.2) is 0 Å². The van der Waals surface area contributed by atoms with Crippen LogP contribution in [0.1, 0.15) is 49.8 Å². The molecule has 3 aromatic carbocycles. The molecule has 0 aliphatic heterocycles. The van der Waals surface area contributed by atoms with E-state index >= 15 is 0 Å². The third-order valence-corrected chi connectivity index (χ3v) is 5.93. The summed E-state index contributed by atoms with van der Waals surface area (Å²) in [5.41, 5.74) is 3.17. The molecule has 184 valence electrons. The predicted molar refractivity (Wildman–Crippen MR) is 140 cm³/mol. The Morgan fingerprint density at radius 1 is 0.857 bits per heavy atom. The van der Waals surface area contributed by atoms with E-state index in [4.69, 9.17) is 4.74 Å². The monoisotopic (exact) mass is 472 g/mol. The summed E-state index contributed by atoms with van der Waals surface area (Å²) in [6.45, 7) is 7.04. The van der Waals surface area contributed by atoms with Crippen LogP contribution in [0.4, 0.5) is 0 Å². The van der Waals surface area contributed by atoms with E-state index in [1.807, 2.05) is 91.9 Å². The molecule has 35 heavy (non-hydrogen) atoms. The summed E-state index contributed by atoms with van der Waals surface area (Å²) in [6.07, 6.45) is 1.25. The highest BCUT2D eigenvalue weighted by Gasteiger charge is 2.30. The number of rotatable bonds is 12. The molecular formula is C30H36N2O3. The lowest BCUT2D eigenvalue weighted by atomic mass is 10.0. The number of ether oxygens (including phenoxy) is 1. The van der Waals surface area contributed by atoms with Crippen LogP contribution in [0.3, 0.4) is 0 Å². The van der Waals surface area contributed by atoms with Gasteiger partial charge in [0.25, 0.3) is 5.91 Å². The summed E-state index contributed by atoms with van der Waals surface area (Å²) in [7, 11) is 0. The number of benzene rings is 3. The van der Waals surface area contributed by atoms with Crippen LogP contribution >= 0.6 is 0 Å². The molecule has 0 aromatic heterocycles. The Morgan fingerprint density at radius 2 is 1.46 bits per heavy atom. The number of carbonyl (C=O) groups is 2. The van der Waals surface area contributed by atoms with Gasteiger partial charge in [-0.1, -0.05) is 93.6 Å². The maximum absolute atomic E-state index is 13.5. The lowest BCUT2D eigenvalue weighted by molar-refractivity contribution is -0.142. The highest BCUT2D eigenvalue weighted by Crippen LogP contribution is 2.20. The van der Waals surface area contributed by atoms with Gasteiger partial charge in [-0.05, 0) is 41.2 Å². The van der Waals surface area contributed by atoms with Crippen molar-refractivity contribution < 1.29 is 14.3 Å². The molecule has 0 bridgehead atoms. The molecule has 1 atom stereocenters. The molecule has 2 amide bonds. The van der Waals surface area contributed by atoms with Crippen LogP contribution in [0, 0.1) is 0 Å². The van der Waals surface area contributed by atoms with Crippen LogP contribution in [-0.2, 0) is 22.6 Å². The van der Waals surface area contributed by atoms with Gasteiger partial charge in [0.15, 0.2) is 6.61 Å². The Balaban J connectivity index is 1.83. The fourth-order valence-corrected chi connectivity index (χ4v) is 3.88. The summed E-state index contributed by atoms with van der Waals surface area (Å²) in [6, 6.07) is 26.7. The topological polar surface area (TPSA) is 58.6 Å². The summed E-state index contributed by atoms with van der Waals surface area (Å²) >= 11 is 0. The van der Waals surface area contributed by atoms with E-state index < -0.39 is 6.04 Å². The van der Waals surface area contributed by atoms with Gasteiger partial charge >= 0.3 is 0 Å². The fraction of sp³-hybridized carbons (Fsp3) is 0.333. The first-order valence-corrected chi connectivity index (χ1v) is 12.4. The minimum absolute atomic E-state index is 0.139. The molecule has 0 saturated carbocycles. The largest absolute Gasteiger partial charge is 0.484 e. The third kappa shape index (κ3) is 7.99. The first kappa shape index (κ1) is 26.0. The van der Waals surface area contributed by atoms with Gasteiger partial charge < -0.3 is 15.0 Å². The molecule has 5 nitrogen and oxygen atoms in total. The van der Waals surface area contributed by atoms with Gasteiger partial charge in [-0.2, -0.15) is 0 Å². The van der Waals surface area contributed by atoms with Gasteiger partial charge in [0, 0.05) is 19.5 Å². The number of amides is 2. The van der Waals surface area contributed by atoms with Crippen molar-refractivity contribution in [1.29, 1.82) is 0 Å². The molecule has 0 aliphatic rings. The Labute approximate surface area is 209 Å². The van der Waals surface area contributed by atoms with Crippen LogP contribution in [-0.4, -0.2) is 35.9 Å². The van der Waals surface area contributed by atoms with Crippen LogP contribution in [0.25, 0.3) is 0 Å². The van der Waals surface area contributed by atoms with Crippen LogP contribution < -0.4 is 10.1 Å². The molecule has 0 aliphatic carbocycles. The van der Waals surface area contributed by atoms with E-state index in [2.05, 4.69) is 19.2 Å². The second-order valence-corrected chi connectivity index (χ2v) is 9.02. The maximum Gasteiger partial charge on any atom is 0.261 e. The molecule has 0 spiro atoms. The second kappa shape index (κ2) is 13.3. The molecule has 0 fully saturated rings. The van der Waals surface area contributed by atoms with Gasteiger partial charge in [0.2, 0.25) is 5.91 Å². The fourth-order valence-electron chi connectivity index (χ4n) is 3.88. The average molecular weight is 473 g/mol. The minimum Gasteiger partial charge on any atom is -0.484 e. The van der Waals surface area contributed by atoms with Crippen LogP contribution in [0.15, 0.2) is 84.9 Å².